The molecule has 0 atom stereocenters. The number of aryl methyl sites for hydroxylation is 2. The van der Waals surface area contributed by atoms with Crippen LogP contribution < -0.4 is 10.1 Å². The second-order valence-corrected chi connectivity index (χ2v) is 5.88. The molecule has 0 saturated heterocycles. The van der Waals surface area contributed by atoms with Gasteiger partial charge < -0.3 is 10.1 Å². The van der Waals surface area contributed by atoms with E-state index in [0.717, 1.165) is 9.75 Å². The summed E-state index contributed by atoms with van der Waals surface area (Å²) in [6, 6.07) is 8.51. The van der Waals surface area contributed by atoms with Gasteiger partial charge in [-0.2, -0.15) is 0 Å². The largest absolute Gasteiger partial charge is 0.423 e. The van der Waals surface area contributed by atoms with Gasteiger partial charge in [0.2, 0.25) is 5.91 Å². The summed E-state index contributed by atoms with van der Waals surface area (Å²) in [7, 11) is 0. The molecule has 0 bridgehead atoms. The Balaban J connectivity index is 2.08. The number of esters is 1. The lowest BCUT2D eigenvalue weighted by Gasteiger charge is -2.05. The minimum Gasteiger partial charge on any atom is -0.423 e. The average Bonchev–Trinajstić information content (AvgIpc) is 2.70. The van der Waals surface area contributed by atoms with Crippen LogP contribution >= 0.6 is 11.3 Å². The van der Waals surface area contributed by atoms with Crippen molar-refractivity contribution >= 4 is 28.9 Å². The first-order valence-electron chi connectivity index (χ1n) is 6.12. The van der Waals surface area contributed by atoms with E-state index in [0.29, 0.717) is 17.0 Å². The van der Waals surface area contributed by atoms with Gasteiger partial charge in [-0.1, -0.05) is 0 Å². The zero-order valence-electron chi connectivity index (χ0n) is 11.5. The molecule has 20 heavy (non-hydrogen) atoms. The minimum atomic E-state index is -0.362. The lowest BCUT2D eigenvalue weighted by atomic mass is 10.2. The summed E-state index contributed by atoms with van der Waals surface area (Å²) in [5.41, 5.74) is 1.26. The molecule has 2 aromatic rings. The highest BCUT2D eigenvalue weighted by atomic mass is 32.1. The Morgan fingerprint density at radius 3 is 2.30 bits per heavy atom. The molecule has 0 aliphatic rings. The van der Waals surface area contributed by atoms with E-state index in [1.54, 1.807) is 35.6 Å². The maximum absolute atomic E-state index is 12.0. The highest BCUT2D eigenvalue weighted by Gasteiger charge is 2.14. The van der Waals surface area contributed by atoms with Crippen molar-refractivity contribution in [3.63, 3.8) is 0 Å². The molecule has 104 valence electrons. The molecule has 2 rings (SSSR count). The van der Waals surface area contributed by atoms with Crippen LogP contribution in [0.1, 0.15) is 27.0 Å². The lowest BCUT2D eigenvalue weighted by Crippen LogP contribution is -2.09. The number of hydrogen-bond acceptors (Lipinski definition) is 4. The predicted molar refractivity (Wildman–Crippen MR) is 79.5 cm³/mol. The van der Waals surface area contributed by atoms with Crippen molar-refractivity contribution in [2.75, 3.05) is 5.32 Å². The van der Waals surface area contributed by atoms with E-state index >= 15 is 0 Å². The number of nitrogens with one attached hydrogen (secondary N) is 1. The summed E-state index contributed by atoms with van der Waals surface area (Å²) in [5.74, 6) is -0.0504. The first-order chi connectivity index (χ1) is 9.45. The van der Waals surface area contributed by atoms with Gasteiger partial charge in [0.05, 0.1) is 5.56 Å². The maximum Gasteiger partial charge on any atom is 0.344 e. The minimum absolute atomic E-state index is 0.140. The first-order valence-corrected chi connectivity index (χ1v) is 6.94. The van der Waals surface area contributed by atoms with Crippen molar-refractivity contribution in [3.8, 4) is 5.75 Å². The predicted octanol–water partition coefficient (Wildman–Crippen LogP) is 3.54. The van der Waals surface area contributed by atoms with Crippen molar-refractivity contribution in [1.82, 2.24) is 0 Å². The average molecular weight is 289 g/mol. The van der Waals surface area contributed by atoms with Crippen LogP contribution in [0.3, 0.4) is 0 Å². The van der Waals surface area contributed by atoms with Gasteiger partial charge in [0.1, 0.15) is 5.75 Å². The number of carbonyl (C=O) groups is 2. The standard InChI is InChI=1S/C15H15NO3S/c1-9-8-14(10(2)20-9)15(18)19-13-6-4-12(5-7-13)16-11(3)17/h4-8H,1-3H3,(H,16,17). The van der Waals surface area contributed by atoms with E-state index in [2.05, 4.69) is 5.32 Å². The summed E-state index contributed by atoms with van der Waals surface area (Å²) in [5, 5.41) is 2.65. The second kappa shape index (κ2) is 5.88. The number of carbonyl (C=O) groups excluding carboxylic acids is 2. The van der Waals surface area contributed by atoms with Crippen LogP contribution in [0.15, 0.2) is 30.3 Å². The molecule has 0 unspecified atom stereocenters. The monoisotopic (exact) mass is 289 g/mol. The van der Waals surface area contributed by atoms with Gasteiger partial charge in [-0.15, -0.1) is 11.3 Å². The van der Waals surface area contributed by atoms with Crippen LogP contribution in [0.4, 0.5) is 5.69 Å². The summed E-state index contributed by atoms with van der Waals surface area (Å²) in [6.07, 6.45) is 0. The van der Waals surface area contributed by atoms with Crippen molar-refractivity contribution in [3.05, 3.63) is 45.6 Å². The highest BCUT2D eigenvalue weighted by Crippen LogP contribution is 2.23. The zero-order chi connectivity index (χ0) is 14.7. The molecule has 0 fully saturated rings. The van der Waals surface area contributed by atoms with Gasteiger partial charge in [0.25, 0.3) is 0 Å². The Hall–Kier alpha value is -2.14. The third-order valence-electron chi connectivity index (χ3n) is 2.65. The van der Waals surface area contributed by atoms with E-state index in [4.69, 9.17) is 4.74 Å². The molecule has 1 heterocycles. The van der Waals surface area contributed by atoms with E-state index in [1.165, 1.54) is 6.92 Å². The molecule has 1 aromatic heterocycles. The molecular weight excluding hydrogens is 274 g/mol. The van der Waals surface area contributed by atoms with Crippen LogP contribution in [-0.2, 0) is 4.79 Å². The number of rotatable bonds is 3. The Morgan fingerprint density at radius 1 is 1.15 bits per heavy atom. The van der Waals surface area contributed by atoms with Crippen LogP contribution in [0.2, 0.25) is 0 Å². The SMILES string of the molecule is CC(=O)Nc1ccc(OC(=O)c2cc(C)sc2C)cc1. The summed E-state index contributed by atoms with van der Waals surface area (Å²) in [4.78, 5) is 25.0. The Kier molecular flexibility index (Phi) is 4.20. The van der Waals surface area contributed by atoms with Gasteiger partial charge in [-0.25, -0.2) is 4.79 Å². The number of anilines is 1. The number of ether oxygens (including phenoxy) is 1. The summed E-state index contributed by atoms with van der Waals surface area (Å²) >= 11 is 1.57. The molecule has 0 aliphatic carbocycles. The molecular formula is C15H15NO3S. The van der Waals surface area contributed by atoms with Crippen LogP contribution in [0, 0.1) is 13.8 Å². The normalized spacial score (nSPS) is 10.2. The smallest absolute Gasteiger partial charge is 0.344 e. The summed E-state index contributed by atoms with van der Waals surface area (Å²) < 4.78 is 5.31. The highest BCUT2D eigenvalue weighted by molar-refractivity contribution is 7.12. The van der Waals surface area contributed by atoms with Crippen LogP contribution in [0.5, 0.6) is 5.75 Å². The Morgan fingerprint density at radius 2 is 1.80 bits per heavy atom. The van der Waals surface area contributed by atoms with Crippen molar-refractivity contribution in [1.29, 1.82) is 0 Å². The van der Waals surface area contributed by atoms with Crippen molar-refractivity contribution in [2.24, 2.45) is 0 Å². The topological polar surface area (TPSA) is 55.4 Å². The van der Waals surface area contributed by atoms with E-state index in [9.17, 15) is 9.59 Å². The molecule has 0 saturated carbocycles. The maximum atomic E-state index is 12.0. The summed E-state index contributed by atoms with van der Waals surface area (Å²) in [6.45, 7) is 5.29. The van der Waals surface area contributed by atoms with Gasteiger partial charge in [0, 0.05) is 22.4 Å². The fourth-order valence-corrected chi connectivity index (χ4v) is 2.72. The Labute approximate surface area is 121 Å². The lowest BCUT2D eigenvalue weighted by molar-refractivity contribution is -0.114. The first kappa shape index (κ1) is 14.3. The van der Waals surface area contributed by atoms with Gasteiger partial charge in [-0.3, -0.25) is 4.79 Å². The van der Waals surface area contributed by atoms with E-state index in [-0.39, 0.29) is 11.9 Å². The van der Waals surface area contributed by atoms with E-state index in [1.807, 2.05) is 19.9 Å². The fourth-order valence-electron chi connectivity index (χ4n) is 1.81. The zero-order valence-corrected chi connectivity index (χ0v) is 12.3. The van der Waals surface area contributed by atoms with Crippen molar-refractivity contribution < 1.29 is 14.3 Å². The molecule has 4 nitrogen and oxygen atoms in total. The molecule has 0 aliphatic heterocycles. The number of thiophene rings is 1. The van der Waals surface area contributed by atoms with Crippen molar-refractivity contribution in [2.45, 2.75) is 20.8 Å². The molecule has 5 heteroatoms. The Bertz CT molecular complexity index is 644. The molecule has 1 amide bonds. The van der Waals surface area contributed by atoms with Crippen LogP contribution in [0.25, 0.3) is 0 Å². The molecule has 0 radical (unpaired) electrons. The third-order valence-corrected chi connectivity index (χ3v) is 3.61. The number of benzene rings is 1. The molecule has 1 aromatic carbocycles. The van der Waals surface area contributed by atoms with Gasteiger partial charge in [-0.05, 0) is 44.2 Å². The van der Waals surface area contributed by atoms with Crippen LogP contribution in [-0.4, -0.2) is 11.9 Å². The molecule has 0 spiro atoms. The fraction of sp³-hybridized carbons (Fsp3) is 0.200. The second-order valence-electron chi connectivity index (χ2n) is 4.42. The number of hydrogen-bond donors (Lipinski definition) is 1. The van der Waals surface area contributed by atoms with E-state index < -0.39 is 0 Å². The third kappa shape index (κ3) is 3.45. The van der Waals surface area contributed by atoms with Gasteiger partial charge in [0.15, 0.2) is 0 Å². The quantitative estimate of drug-likeness (QED) is 0.694. The molecule has 1 N–H and O–H groups in total. The van der Waals surface area contributed by atoms with Gasteiger partial charge >= 0.3 is 5.97 Å². The number of amides is 1.